The Morgan fingerprint density at radius 3 is 2.53 bits per heavy atom. The second kappa shape index (κ2) is 13.3. The van der Waals surface area contributed by atoms with Crippen LogP contribution in [0.25, 0.3) is 10.9 Å². The van der Waals surface area contributed by atoms with Gasteiger partial charge in [0.1, 0.15) is 31.1 Å². The molecule has 0 saturated carbocycles. The highest BCUT2D eigenvalue weighted by Crippen LogP contribution is 2.23. The van der Waals surface area contributed by atoms with Gasteiger partial charge in [-0.2, -0.15) is 0 Å². The van der Waals surface area contributed by atoms with Gasteiger partial charge in [0.15, 0.2) is 0 Å². The minimum atomic E-state index is -1.65. The number of aryl methyl sites for hydroxylation is 2. The molecular formula is C28H36FN3O6. The van der Waals surface area contributed by atoms with Crippen molar-refractivity contribution in [2.45, 2.75) is 69.9 Å². The molecule has 6 N–H and O–H groups in total. The van der Waals surface area contributed by atoms with Crippen LogP contribution in [0.2, 0.25) is 0 Å². The number of fused-ring (bicyclic) bond motifs is 1. The molecule has 9 nitrogen and oxygen atoms in total. The van der Waals surface area contributed by atoms with Gasteiger partial charge in [-0.25, -0.2) is 14.7 Å². The lowest BCUT2D eigenvalue weighted by Gasteiger charge is -2.38. The number of hydroxylamine groups is 1. The minimum Gasteiger partial charge on any atom is -0.387 e. The third kappa shape index (κ3) is 6.96. The molecule has 0 bridgehead atoms. The van der Waals surface area contributed by atoms with Gasteiger partial charge in [0.2, 0.25) is 12.2 Å². The fourth-order valence-corrected chi connectivity index (χ4v) is 4.70. The van der Waals surface area contributed by atoms with Gasteiger partial charge in [-0.1, -0.05) is 42.5 Å². The smallest absolute Gasteiger partial charge is 0.243 e. The fraction of sp³-hybridized carbons (Fsp3) is 0.464. The number of H-pyrrole nitrogens is 1. The number of hydrogen-bond acceptors (Lipinski definition) is 7. The molecule has 1 amide bonds. The van der Waals surface area contributed by atoms with Crippen LogP contribution < -0.4 is 10.8 Å². The van der Waals surface area contributed by atoms with Gasteiger partial charge in [-0.05, 0) is 55.5 Å². The predicted molar refractivity (Wildman–Crippen MR) is 140 cm³/mol. The summed E-state index contributed by atoms with van der Waals surface area (Å²) in [6.45, 7) is 2.68. The molecule has 5 atom stereocenters. The number of aliphatic hydroxyl groups is 3. The Labute approximate surface area is 220 Å². The van der Waals surface area contributed by atoms with Gasteiger partial charge in [0.25, 0.3) is 0 Å². The lowest BCUT2D eigenvalue weighted by Crippen LogP contribution is -2.59. The molecule has 0 unspecified atom stereocenters. The van der Waals surface area contributed by atoms with E-state index < -0.39 is 43.3 Å². The number of aromatic nitrogens is 1. The first-order chi connectivity index (χ1) is 18.4. The average Bonchev–Trinajstić information content (AvgIpc) is 3.25. The molecule has 2 aromatic carbocycles. The second-order valence-corrected chi connectivity index (χ2v) is 9.68. The van der Waals surface area contributed by atoms with Crippen molar-refractivity contribution in [3.63, 3.8) is 0 Å². The largest absolute Gasteiger partial charge is 0.387 e. The van der Waals surface area contributed by atoms with Gasteiger partial charge in [0.05, 0.1) is 0 Å². The molecular weight excluding hydrogens is 493 g/mol. The van der Waals surface area contributed by atoms with Crippen LogP contribution in [0.15, 0.2) is 48.5 Å². The van der Waals surface area contributed by atoms with E-state index in [0.717, 1.165) is 25.1 Å². The SMILES string of the molecule is Cc1[nH]c2ccccc2c1CCNCc1ccc(CCCC(=O)NO[C@@H]2O[C@H](CF)[C@H](O)[C@H](O)[C@H]2O)cc1. The highest BCUT2D eigenvalue weighted by atomic mass is 19.1. The molecule has 1 fully saturated rings. The van der Waals surface area contributed by atoms with Gasteiger partial charge < -0.3 is 30.4 Å². The predicted octanol–water partition coefficient (Wildman–Crippen LogP) is 1.96. The number of aromatic amines is 1. The molecule has 4 rings (SSSR count). The zero-order valence-electron chi connectivity index (χ0n) is 21.4. The first kappa shape index (κ1) is 28.2. The van der Waals surface area contributed by atoms with Crippen molar-refractivity contribution in [2.24, 2.45) is 0 Å². The molecule has 2 heterocycles. The second-order valence-electron chi connectivity index (χ2n) is 9.68. The van der Waals surface area contributed by atoms with Gasteiger partial charge >= 0.3 is 0 Å². The maximum atomic E-state index is 12.9. The van der Waals surface area contributed by atoms with Crippen LogP contribution in [0.4, 0.5) is 4.39 Å². The van der Waals surface area contributed by atoms with E-state index in [9.17, 15) is 24.5 Å². The summed E-state index contributed by atoms with van der Waals surface area (Å²) in [5, 5.41) is 34.1. The van der Waals surface area contributed by atoms with Crippen LogP contribution in [-0.2, 0) is 33.8 Å². The van der Waals surface area contributed by atoms with E-state index in [1.54, 1.807) is 0 Å². The summed E-state index contributed by atoms with van der Waals surface area (Å²) in [6.07, 6.45) is -5.31. The Bertz CT molecular complexity index is 1190. The van der Waals surface area contributed by atoms with Crippen molar-refractivity contribution in [2.75, 3.05) is 13.2 Å². The van der Waals surface area contributed by atoms with Crippen LogP contribution in [0, 0.1) is 6.92 Å². The molecule has 206 valence electrons. The summed E-state index contributed by atoms with van der Waals surface area (Å²) >= 11 is 0. The third-order valence-electron chi connectivity index (χ3n) is 6.91. The number of hydrogen-bond donors (Lipinski definition) is 6. The lowest BCUT2D eigenvalue weighted by molar-refractivity contribution is -0.310. The van der Waals surface area contributed by atoms with Gasteiger partial charge in [-0.3, -0.25) is 4.79 Å². The van der Waals surface area contributed by atoms with Crippen LogP contribution in [-0.4, -0.2) is 70.1 Å². The topological polar surface area (TPSA) is 136 Å². The quantitative estimate of drug-likeness (QED) is 0.156. The van der Waals surface area contributed by atoms with E-state index in [1.807, 2.05) is 18.2 Å². The first-order valence-corrected chi connectivity index (χ1v) is 12.9. The van der Waals surface area contributed by atoms with E-state index in [0.29, 0.717) is 12.8 Å². The fourth-order valence-electron chi connectivity index (χ4n) is 4.70. The molecule has 3 aromatic rings. The standard InChI is InChI=1S/C28H36FN3O6/c1-17-20(21-6-2-3-7-22(21)31-17)13-14-30-16-19-11-9-18(10-12-19)5-4-8-24(33)32-38-28-27(36)26(35)25(34)23(15-29)37-28/h2-3,6-7,9-12,23,25-28,30-31,34-36H,4-5,8,13-16H2,1H3,(H,32,33)/t23-,25+,26+,27-,28+/m1/s1. The third-order valence-corrected chi connectivity index (χ3v) is 6.91. The number of para-hydroxylation sites is 1. The normalized spacial score (nSPS) is 23.6. The van der Waals surface area contributed by atoms with Crippen molar-refractivity contribution in [3.8, 4) is 0 Å². The number of rotatable bonds is 12. The Balaban J connectivity index is 1.13. The molecule has 38 heavy (non-hydrogen) atoms. The molecule has 0 spiro atoms. The summed E-state index contributed by atoms with van der Waals surface area (Å²) in [4.78, 5) is 20.5. The van der Waals surface area contributed by atoms with Gasteiger partial charge in [0, 0.05) is 29.6 Å². The Kier molecular flexibility index (Phi) is 9.84. The summed E-state index contributed by atoms with van der Waals surface area (Å²) in [5.74, 6) is -0.440. The van der Waals surface area contributed by atoms with E-state index in [-0.39, 0.29) is 6.42 Å². The van der Waals surface area contributed by atoms with E-state index in [1.165, 1.54) is 27.7 Å². The maximum Gasteiger partial charge on any atom is 0.243 e. The summed E-state index contributed by atoms with van der Waals surface area (Å²) in [7, 11) is 0. The van der Waals surface area contributed by atoms with Crippen molar-refractivity contribution >= 4 is 16.8 Å². The number of halogens is 1. The molecule has 0 radical (unpaired) electrons. The molecule has 0 aliphatic carbocycles. The Hall–Kier alpha value is -2.86. The van der Waals surface area contributed by atoms with E-state index >= 15 is 0 Å². The van der Waals surface area contributed by atoms with Crippen molar-refractivity contribution < 1.29 is 34.1 Å². The maximum absolute atomic E-state index is 12.9. The van der Waals surface area contributed by atoms with Crippen molar-refractivity contribution in [1.29, 1.82) is 0 Å². The average molecular weight is 530 g/mol. The highest BCUT2D eigenvalue weighted by Gasteiger charge is 2.44. The summed E-state index contributed by atoms with van der Waals surface area (Å²) in [5.41, 5.74) is 8.17. The van der Waals surface area contributed by atoms with Crippen LogP contribution >= 0.6 is 0 Å². The first-order valence-electron chi connectivity index (χ1n) is 12.9. The van der Waals surface area contributed by atoms with Crippen molar-refractivity contribution in [1.82, 2.24) is 15.8 Å². The molecule has 1 saturated heterocycles. The Morgan fingerprint density at radius 2 is 1.76 bits per heavy atom. The zero-order chi connectivity index (χ0) is 27.1. The van der Waals surface area contributed by atoms with Crippen LogP contribution in [0.3, 0.4) is 0 Å². The van der Waals surface area contributed by atoms with Crippen molar-refractivity contribution in [3.05, 3.63) is 70.9 Å². The van der Waals surface area contributed by atoms with E-state index in [2.05, 4.69) is 53.0 Å². The minimum absolute atomic E-state index is 0.164. The molecule has 10 heteroatoms. The number of alkyl halides is 1. The van der Waals surface area contributed by atoms with Crippen LogP contribution in [0.1, 0.15) is 35.2 Å². The van der Waals surface area contributed by atoms with Gasteiger partial charge in [-0.15, -0.1) is 0 Å². The van der Waals surface area contributed by atoms with Crippen LogP contribution in [0.5, 0.6) is 0 Å². The summed E-state index contributed by atoms with van der Waals surface area (Å²) in [6, 6.07) is 16.6. The molecule has 1 aromatic heterocycles. The molecule has 1 aliphatic rings. The summed E-state index contributed by atoms with van der Waals surface area (Å²) < 4.78 is 18.0. The number of amides is 1. The van der Waals surface area contributed by atoms with E-state index in [4.69, 9.17) is 9.57 Å². The zero-order valence-corrected chi connectivity index (χ0v) is 21.4. The monoisotopic (exact) mass is 529 g/mol. The number of benzene rings is 2. The number of ether oxygens (including phenoxy) is 1. The number of nitrogens with one attached hydrogen (secondary N) is 3. The lowest BCUT2D eigenvalue weighted by atomic mass is 10.00. The number of carbonyl (C=O) groups is 1. The Morgan fingerprint density at radius 1 is 1.03 bits per heavy atom. The number of aliphatic hydroxyl groups excluding tert-OH is 3. The highest BCUT2D eigenvalue weighted by molar-refractivity contribution is 5.84. The molecule has 1 aliphatic heterocycles. The number of carbonyl (C=O) groups excluding carboxylic acids is 1.